The Balaban J connectivity index is 1.67. The van der Waals surface area contributed by atoms with Crippen molar-refractivity contribution < 1.29 is 9.90 Å². The number of hydrogen-bond acceptors (Lipinski definition) is 2. The van der Waals surface area contributed by atoms with Crippen molar-refractivity contribution in [3.8, 4) is 0 Å². The Kier molecular flexibility index (Phi) is 5.52. The fourth-order valence-electron chi connectivity index (χ4n) is 8.56. The van der Waals surface area contributed by atoms with E-state index in [1.807, 2.05) is 0 Å². The highest BCUT2D eigenvalue weighted by atomic mass is 16.3. The average molecular weight is 425 g/mol. The molecule has 2 nitrogen and oxygen atoms in total. The van der Waals surface area contributed by atoms with Crippen LogP contribution in [0.25, 0.3) is 0 Å². The summed E-state index contributed by atoms with van der Waals surface area (Å²) in [6.45, 7) is 16.2. The number of fused-ring (bicyclic) bond motifs is 5. The van der Waals surface area contributed by atoms with E-state index in [1.165, 1.54) is 12.8 Å². The smallest absolute Gasteiger partial charge is 0.152 e. The summed E-state index contributed by atoms with van der Waals surface area (Å²) >= 11 is 0. The molecular weight excluding hydrogens is 380 g/mol. The van der Waals surface area contributed by atoms with Crippen LogP contribution in [0.1, 0.15) is 93.4 Å². The molecule has 2 saturated carbocycles. The predicted octanol–water partition coefficient (Wildman–Crippen LogP) is 7.04. The van der Waals surface area contributed by atoms with Crippen LogP contribution in [0.15, 0.2) is 35.5 Å². The van der Waals surface area contributed by atoms with E-state index in [2.05, 4.69) is 59.8 Å². The molecule has 0 aromatic rings. The normalized spacial score (nSPS) is 44.7. The number of aliphatic hydroxyl groups is 1. The zero-order valence-corrected chi connectivity index (χ0v) is 20.9. The first-order chi connectivity index (χ1) is 14.4. The highest BCUT2D eigenvalue weighted by Crippen LogP contribution is 2.71. The zero-order valence-electron chi connectivity index (χ0n) is 20.9. The van der Waals surface area contributed by atoms with Crippen molar-refractivity contribution in [1.82, 2.24) is 0 Å². The lowest BCUT2D eigenvalue weighted by atomic mass is 9.44. The first kappa shape index (κ1) is 23.0. The van der Waals surface area contributed by atoms with Crippen LogP contribution in [0.5, 0.6) is 0 Å². The van der Waals surface area contributed by atoms with Gasteiger partial charge in [-0.1, -0.05) is 59.8 Å². The highest BCUT2D eigenvalue weighted by Gasteiger charge is 2.62. The van der Waals surface area contributed by atoms with E-state index in [-0.39, 0.29) is 33.5 Å². The van der Waals surface area contributed by atoms with Crippen molar-refractivity contribution >= 4 is 5.78 Å². The van der Waals surface area contributed by atoms with Crippen molar-refractivity contribution in [2.75, 3.05) is 0 Å². The molecule has 7 atom stereocenters. The maximum absolute atomic E-state index is 11.3. The number of aliphatic hydroxyl groups excluding tert-OH is 1. The van der Waals surface area contributed by atoms with Gasteiger partial charge in [0.15, 0.2) is 5.78 Å². The van der Waals surface area contributed by atoms with Gasteiger partial charge in [0.1, 0.15) is 0 Å². The molecule has 0 aromatic heterocycles. The first-order valence-corrected chi connectivity index (χ1v) is 12.6. The molecule has 1 N–H and O–H groups in total. The van der Waals surface area contributed by atoms with Gasteiger partial charge in [0, 0.05) is 0 Å². The maximum Gasteiger partial charge on any atom is 0.152 e. The monoisotopic (exact) mass is 424 g/mol. The minimum absolute atomic E-state index is 0.0344. The summed E-state index contributed by atoms with van der Waals surface area (Å²) < 4.78 is 0. The third kappa shape index (κ3) is 3.18. The first-order valence-electron chi connectivity index (χ1n) is 12.6. The molecule has 4 rings (SSSR count). The Morgan fingerprint density at radius 3 is 2.52 bits per heavy atom. The van der Waals surface area contributed by atoms with Gasteiger partial charge in [-0.25, -0.2) is 0 Å². The van der Waals surface area contributed by atoms with Crippen molar-refractivity contribution in [1.29, 1.82) is 0 Å². The van der Waals surface area contributed by atoms with E-state index in [0.29, 0.717) is 17.8 Å². The molecule has 172 valence electrons. The van der Waals surface area contributed by atoms with Crippen LogP contribution in [-0.2, 0) is 4.79 Å². The maximum atomic E-state index is 11.3. The lowest BCUT2D eigenvalue weighted by molar-refractivity contribution is -0.112. The van der Waals surface area contributed by atoms with Crippen molar-refractivity contribution in [2.45, 2.75) is 99.5 Å². The molecule has 4 aliphatic carbocycles. The lowest BCUT2D eigenvalue weighted by Gasteiger charge is -2.61. The summed E-state index contributed by atoms with van der Waals surface area (Å²) in [5, 5.41) is 10.8. The van der Waals surface area contributed by atoms with Gasteiger partial charge in [-0.2, -0.15) is 0 Å². The zero-order chi connectivity index (χ0) is 22.8. The second-order valence-corrected chi connectivity index (χ2v) is 12.6. The van der Waals surface area contributed by atoms with Crippen LogP contribution >= 0.6 is 0 Å². The molecule has 0 unspecified atom stereocenters. The second-order valence-electron chi connectivity index (χ2n) is 12.6. The van der Waals surface area contributed by atoms with E-state index >= 15 is 0 Å². The molecule has 0 amide bonds. The Hall–Kier alpha value is -1.15. The number of allylic oxidation sites excluding steroid dienone is 6. The molecule has 31 heavy (non-hydrogen) atoms. The SMILES string of the molecule is CC(=O)/C=C/C[C@@H](C)[C@H]1CC[C@@]2(C)C3=CC[C@H]4C(C)(C)[C@@H](O)CC[C@]4(C)C3=CC[C@]12C. The van der Waals surface area contributed by atoms with Crippen LogP contribution in [0.3, 0.4) is 0 Å². The molecule has 0 radical (unpaired) electrons. The topological polar surface area (TPSA) is 37.3 Å². The van der Waals surface area contributed by atoms with Gasteiger partial charge in [-0.3, -0.25) is 4.79 Å². The third-order valence-corrected chi connectivity index (χ3v) is 10.8. The molecule has 0 spiro atoms. The number of rotatable bonds is 4. The van der Waals surface area contributed by atoms with E-state index in [4.69, 9.17) is 0 Å². The molecule has 0 bridgehead atoms. The Morgan fingerprint density at radius 1 is 1.13 bits per heavy atom. The van der Waals surface area contributed by atoms with Gasteiger partial charge < -0.3 is 5.11 Å². The fraction of sp³-hybridized carbons (Fsp3) is 0.759. The molecule has 0 saturated heterocycles. The molecule has 4 aliphatic rings. The minimum Gasteiger partial charge on any atom is -0.393 e. The summed E-state index contributed by atoms with van der Waals surface area (Å²) in [7, 11) is 0. The van der Waals surface area contributed by atoms with Gasteiger partial charge in [0.05, 0.1) is 6.10 Å². The number of carbonyl (C=O) groups excluding carboxylic acids is 1. The molecule has 2 fully saturated rings. The van der Waals surface area contributed by atoms with Gasteiger partial charge in [-0.15, -0.1) is 0 Å². The molecule has 0 heterocycles. The van der Waals surface area contributed by atoms with Crippen LogP contribution in [0.2, 0.25) is 0 Å². The van der Waals surface area contributed by atoms with Gasteiger partial charge in [0.25, 0.3) is 0 Å². The molecule has 0 aliphatic heterocycles. The minimum atomic E-state index is -0.190. The van der Waals surface area contributed by atoms with Crippen molar-refractivity contribution in [3.05, 3.63) is 35.5 Å². The van der Waals surface area contributed by atoms with Gasteiger partial charge in [0.2, 0.25) is 0 Å². The number of ketones is 1. The van der Waals surface area contributed by atoms with E-state index in [1.54, 1.807) is 24.1 Å². The van der Waals surface area contributed by atoms with Crippen molar-refractivity contribution in [3.63, 3.8) is 0 Å². The van der Waals surface area contributed by atoms with Crippen LogP contribution < -0.4 is 0 Å². The van der Waals surface area contributed by atoms with E-state index in [9.17, 15) is 9.90 Å². The largest absolute Gasteiger partial charge is 0.393 e. The standard InChI is InChI=1S/C29H44O2/c1-19(9-8-10-20(2)30)21-13-17-29(7)23-11-12-24-26(3,4)25(31)15-16-27(24,5)22(23)14-18-28(21,29)6/h8,10-11,14,19,21,24-25,31H,9,12-13,15-18H2,1-7H3/b10-8+/t19-,21-,24+,25+,27-,28-,29+/m1/s1. The highest BCUT2D eigenvalue weighted by molar-refractivity contribution is 5.87. The summed E-state index contributed by atoms with van der Waals surface area (Å²) in [6.07, 6.45) is 16.7. The van der Waals surface area contributed by atoms with Gasteiger partial charge in [-0.05, 0) is 109 Å². The van der Waals surface area contributed by atoms with Gasteiger partial charge >= 0.3 is 0 Å². The predicted molar refractivity (Wildman–Crippen MR) is 129 cm³/mol. The lowest BCUT2D eigenvalue weighted by Crippen LogP contribution is -2.54. The number of hydrogen-bond donors (Lipinski definition) is 1. The Bertz CT molecular complexity index is 845. The summed E-state index contributed by atoms with van der Waals surface area (Å²) in [5.41, 5.74) is 3.92. The van der Waals surface area contributed by atoms with Crippen LogP contribution in [0, 0.1) is 39.4 Å². The van der Waals surface area contributed by atoms with Crippen LogP contribution in [0.4, 0.5) is 0 Å². The van der Waals surface area contributed by atoms with E-state index in [0.717, 1.165) is 32.1 Å². The fourth-order valence-corrected chi connectivity index (χ4v) is 8.56. The summed E-state index contributed by atoms with van der Waals surface area (Å²) in [5.74, 6) is 1.94. The molecular formula is C29H44O2. The third-order valence-electron chi connectivity index (χ3n) is 10.8. The summed E-state index contributed by atoms with van der Waals surface area (Å²) in [4.78, 5) is 11.3. The quantitative estimate of drug-likeness (QED) is 0.491. The average Bonchev–Trinajstić information content (AvgIpc) is 2.96. The van der Waals surface area contributed by atoms with E-state index < -0.39 is 0 Å². The Labute approximate surface area is 190 Å². The second kappa shape index (κ2) is 7.44. The Morgan fingerprint density at radius 2 is 1.84 bits per heavy atom. The van der Waals surface area contributed by atoms with Crippen molar-refractivity contribution in [2.24, 2.45) is 39.4 Å². The molecule has 2 heteroatoms. The van der Waals surface area contributed by atoms with Crippen LogP contribution in [-0.4, -0.2) is 17.0 Å². The number of carbonyl (C=O) groups is 1. The summed E-state index contributed by atoms with van der Waals surface area (Å²) in [6, 6.07) is 0. The molecule has 0 aromatic carbocycles.